The molecule has 10 nitrogen and oxygen atoms in total. The molecule has 4 atom stereocenters. The number of hydrogen-bond donors (Lipinski definition) is 5. The van der Waals surface area contributed by atoms with Crippen LogP contribution < -0.4 is 16.4 Å². The van der Waals surface area contributed by atoms with Crippen molar-refractivity contribution in [1.29, 1.82) is 0 Å². The lowest BCUT2D eigenvalue weighted by molar-refractivity contribution is -0.143. The monoisotopic (exact) mass is 462 g/mol. The van der Waals surface area contributed by atoms with E-state index >= 15 is 0 Å². The summed E-state index contributed by atoms with van der Waals surface area (Å²) in [5, 5.41) is 24.0. The third-order valence-corrected chi connectivity index (χ3v) is 5.59. The molecular weight excluding hydrogens is 428 g/mol. The molecule has 4 unspecified atom stereocenters. The summed E-state index contributed by atoms with van der Waals surface area (Å²) in [7, 11) is 0. The number of aliphatic hydroxyl groups is 1. The highest BCUT2D eigenvalue weighted by Gasteiger charge is 2.38. The normalized spacial score (nSPS) is 18.5. The topological polar surface area (TPSA) is 162 Å². The molecule has 0 aliphatic carbocycles. The Balaban J connectivity index is 2.10. The zero-order valence-electron chi connectivity index (χ0n) is 19.1. The first-order valence-electron chi connectivity index (χ1n) is 11.2. The van der Waals surface area contributed by atoms with Gasteiger partial charge >= 0.3 is 5.97 Å². The lowest BCUT2D eigenvalue weighted by atomic mass is 10.0. The van der Waals surface area contributed by atoms with Gasteiger partial charge in [0.25, 0.3) is 0 Å². The zero-order valence-corrected chi connectivity index (χ0v) is 19.1. The van der Waals surface area contributed by atoms with Gasteiger partial charge in [0.2, 0.25) is 17.7 Å². The van der Waals surface area contributed by atoms with Crippen LogP contribution in [0.1, 0.15) is 38.7 Å². The van der Waals surface area contributed by atoms with Gasteiger partial charge in [-0.05, 0) is 30.7 Å². The standard InChI is InChI=1S/C23H34N4O6/c1-14(2)11-17(20(29)26-18(23(32)33)12-15-7-4-3-5-8-15)25-21(30)19-9-6-10-27(19)22(31)16(24)13-28/h3-5,7-8,14,16-19,28H,6,9-13,24H2,1-2H3,(H,25,30)(H,26,29)(H,32,33). The molecular formula is C23H34N4O6. The summed E-state index contributed by atoms with van der Waals surface area (Å²) in [4.78, 5) is 51.4. The van der Waals surface area contributed by atoms with Gasteiger partial charge in [-0.3, -0.25) is 14.4 Å². The van der Waals surface area contributed by atoms with Gasteiger partial charge in [0, 0.05) is 13.0 Å². The van der Waals surface area contributed by atoms with E-state index < -0.39 is 54.5 Å². The predicted octanol–water partition coefficient (Wildman–Crippen LogP) is -0.360. The summed E-state index contributed by atoms with van der Waals surface area (Å²) in [5.74, 6) is -2.74. The van der Waals surface area contributed by atoms with Crippen LogP contribution in [0.4, 0.5) is 0 Å². The molecule has 1 aromatic carbocycles. The van der Waals surface area contributed by atoms with Crippen molar-refractivity contribution in [3.8, 4) is 0 Å². The van der Waals surface area contributed by atoms with E-state index in [9.17, 15) is 24.3 Å². The number of nitrogens with two attached hydrogens (primary N) is 1. The van der Waals surface area contributed by atoms with Crippen LogP contribution in [0.2, 0.25) is 0 Å². The van der Waals surface area contributed by atoms with Crippen LogP contribution >= 0.6 is 0 Å². The van der Waals surface area contributed by atoms with Crippen molar-refractivity contribution in [2.45, 2.75) is 63.7 Å². The summed E-state index contributed by atoms with van der Waals surface area (Å²) < 4.78 is 0. The highest BCUT2D eigenvalue weighted by Crippen LogP contribution is 2.19. The van der Waals surface area contributed by atoms with Crippen molar-refractivity contribution in [2.75, 3.05) is 13.2 Å². The number of carbonyl (C=O) groups excluding carboxylic acids is 3. The van der Waals surface area contributed by atoms with E-state index in [1.807, 2.05) is 19.9 Å². The molecule has 0 spiro atoms. The lowest BCUT2D eigenvalue weighted by Crippen LogP contribution is -2.57. The van der Waals surface area contributed by atoms with Gasteiger partial charge in [0.15, 0.2) is 0 Å². The third kappa shape index (κ3) is 7.54. The van der Waals surface area contributed by atoms with Crippen molar-refractivity contribution in [1.82, 2.24) is 15.5 Å². The summed E-state index contributed by atoms with van der Waals surface area (Å²) in [6, 6.07) is 4.93. The summed E-state index contributed by atoms with van der Waals surface area (Å²) >= 11 is 0. The molecule has 1 saturated heterocycles. The zero-order chi connectivity index (χ0) is 24.5. The number of aliphatic carboxylic acids is 1. The smallest absolute Gasteiger partial charge is 0.326 e. The van der Waals surface area contributed by atoms with Gasteiger partial charge in [-0.2, -0.15) is 0 Å². The average Bonchev–Trinajstić information content (AvgIpc) is 3.27. The lowest BCUT2D eigenvalue weighted by Gasteiger charge is -2.28. The van der Waals surface area contributed by atoms with Crippen LogP contribution in [-0.4, -0.2) is 76.1 Å². The van der Waals surface area contributed by atoms with E-state index in [0.717, 1.165) is 5.56 Å². The third-order valence-electron chi connectivity index (χ3n) is 5.59. The highest BCUT2D eigenvalue weighted by atomic mass is 16.4. The molecule has 0 bridgehead atoms. The van der Waals surface area contributed by atoms with E-state index in [4.69, 9.17) is 10.8 Å². The van der Waals surface area contributed by atoms with Crippen molar-refractivity contribution in [3.05, 3.63) is 35.9 Å². The van der Waals surface area contributed by atoms with Crippen LogP contribution in [0, 0.1) is 5.92 Å². The Labute approximate surface area is 193 Å². The molecule has 3 amide bonds. The molecule has 2 rings (SSSR count). The molecule has 0 aromatic heterocycles. The minimum atomic E-state index is -1.17. The quantitative estimate of drug-likeness (QED) is 0.300. The van der Waals surface area contributed by atoms with Crippen molar-refractivity contribution in [3.63, 3.8) is 0 Å². The molecule has 0 radical (unpaired) electrons. The summed E-state index contributed by atoms with van der Waals surface area (Å²) in [6.45, 7) is 3.58. The first-order valence-corrected chi connectivity index (χ1v) is 11.2. The number of amides is 3. The molecule has 182 valence electrons. The predicted molar refractivity (Wildman–Crippen MR) is 121 cm³/mol. The number of carbonyl (C=O) groups is 4. The van der Waals surface area contributed by atoms with Gasteiger partial charge in [-0.1, -0.05) is 44.2 Å². The van der Waals surface area contributed by atoms with Gasteiger partial charge in [-0.15, -0.1) is 0 Å². The Bertz CT molecular complexity index is 832. The molecule has 1 aromatic rings. The molecule has 1 aliphatic heterocycles. The number of aliphatic hydroxyl groups excluding tert-OH is 1. The van der Waals surface area contributed by atoms with Crippen molar-refractivity contribution >= 4 is 23.7 Å². The number of carboxylic acid groups (broad SMARTS) is 1. The largest absolute Gasteiger partial charge is 0.480 e. The second kappa shape index (κ2) is 12.3. The van der Waals surface area contributed by atoms with Crippen molar-refractivity contribution in [2.24, 2.45) is 11.7 Å². The first-order chi connectivity index (χ1) is 15.6. The molecule has 1 fully saturated rings. The van der Waals surface area contributed by atoms with Gasteiger partial charge in [0.1, 0.15) is 24.2 Å². The van der Waals surface area contributed by atoms with E-state index in [0.29, 0.717) is 25.8 Å². The minimum absolute atomic E-state index is 0.0441. The number of likely N-dealkylation sites (tertiary alicyclic amines) is 1. The van der Waals surface area contributed by atoms with Gasteiger partial charge in [0.05, 0.1) is 6.61 Å². The Kier molecular flexibility index (Phi) is 9.80. The number of nitrogens with one attached hydrogen (secondary N) is 2. The fraction of sp³-hybridized carbons (Fsp3) is 0.565. The molecule has 6 N–H and O–H groups in total. The van der Waals surface area contributed by atoms with E-state index in [1.165, 1.54) is 4.90 Å². The molecule has 1 heterocycles. The Morgan fingerprint density at radius 1 is 1.12 bits per heavy atom. The van der Waals surface area contributed by atoms with Gasteiger partial charge in [-0.25, -0.2) is 4.79 Å². The number of nitrogens with zero attached hydrogens (tertiary/aromatic N) is 1. The SMILES string of the molecule is CC(C)CC(NC(=O)C1CCCN1C(=O)C(N)CO)C(=O)NC(Cc1ccccc1)C(=O)O. The van der Waals surface area contributed by atoms with Crippen LogP contribution in [0.15, 0.2) is 30.3 Å². The minimum Gasteiger partial charge on any atom is -0.480 e. The first kappa shape index (κ1) is 26.3. The van der Waals surface area contributed by atoms with E-state index in [-0.39, 0.29) is 12.3 Å². The van der Waals surface area contributed by atoms with Crippen LogP contribution in [0.3, 0.4) is 0 Å². The number of benzene rings is 1. The maximum absolute atomic E-state index is 13.0. The molecule has 33 heavy (non-hydrogen) atoms. The average molecular weight is 463 g/mol. The number of rotatable bonds is 11. The van der Waals surface area contributed by atoms with E-state index in [2.05, 4.69) is 10.6 Å². The molecule has 1 aliphatic rings. The van der Waals surface area contributed by atoms with E-state index in [1.54, 1.807) is 24.3 Å². The Hall–Kier alpha value is -2.98. The maximum atomic E-state index is 13.0. The second-order valence-electron chi connectivity index (χ2n) is 8.76. The molecule has 10 heteroatoms. The summed E-state index contributed by atoms with van der Waals surface area (Å²) in [5.41, 5.74) is 6.39. The fourth-order valence-corrected chi connectivity index (χ4v) is 3.89. The Morgan fingerprint density at radius 2 is 1.79 bits per heavy atom. The van der Waals surface area contributed by atoms with Crippen LogP contribution in [0.5, 0.6) is 0 Å². The fourth-order valence-electron chi connectivity index (χ4n) is 3.89. The maximum Gasteiger partial charge on any atom is 0.326 e. The van der Waals surface area contributed by atoms with Crippen LogP contribution in [-0.2, 0) is 25.6 Å². The van der Waals surface area contributed by atoms with Crippen molar-refractivity contribution < 1.29 is 29.4 Å². The molecule has 0 saturated carbocycles. The number of hydrogen-bond acceptors (Lipinski definition) is 6. The second-order valence-corrected chi connectivity index (χ2v) is 8.76. The number of carboxylic acids is 1. The summed E-state index contributed by atoms with van der Waals surface area (Å²) in [6.07, 6.45) is 1.42. The van der Waals surface area contributed by atoms with Gasteiger partial charge < -0.3 is 31.5 Å². The Morgan fingerprint density at radius 3 is 2.36 bits per heavy atom. The highest BCUT2D eigenvalue weighted by molar-refractivity contribution is 5.94. The van der Waals surface area contributed by atoms with Crippen LogP contribution in [0.25, 0.3) is 0 Å².